The molecule has 0 bridgehead atoms. The number of methoxy groups -OCH3 is 1. The van der Waals surface area contributed by atoms with Gasteiger partial charge in [0, 0.05) is 11.6 Å². The molecule has 2 aromatic carbocycles. The Hall–Kier alpha value is -2.69. The molecule has 138 valence electrons. The SMILES string of the molecule is COc1cccc(C(=O)/C=C/c2ccc(COc3ccc(Cl)c(Cl)c3)o2)c1. The van der Waals surface area contributed by atoms with Crippen LogP contribution >= 0.6 is 23.2 Å². The first-order chi connectivity index (χ1) is 13.0. The summed E-state index contributed by atoms with van der Waals surface area (Å²) in [5.41, 5.74) is 0.542. The highest BCUT2D eigenvalue weighted by molar-refractivity contribution is 6.42. The Morgan fingerprint density at radius 1 is 1.04 bits per heavy atom. The molecule has 0 radical (unpaired) electrons. The van der Waals surface area contributed by atoms with Crippen LogP contribution in [0.3, 0.4) is 0 Å². The Balaban J connectivity index is 1.60. The second kappa shape index (κ2) is 8.80. The van der Waals surface area contributed by atoms with E-state index in [0.29, 0.717) is 38.6 Å². The summed E-state index contributed by atoms with van der Waals surface area (Å²) in [6.45, 7) is 0.232. The Bertz CT molecular complexity index is 976. The van der Waals surface area contributed by atoms with Crippen LogP contribution in [0.15, 0.2) is 65.1 Å². The molecule has 0 spiro atoms. The predicted octanol–water partition coefficient (Wildman–Crippen LogP) is 6.07. The molecule has 0 N–H and O–H groups in total. The van der Waals surface area contributed by atoms with E-state index in [1.54, 1.807) is 67.8 Å². The number of carbonyl (C=O) groups excluding carboxylic acids is 1. The van der Waals surface area contributed by atoms with Crippen LogP contribution < -0.4 is 9.47 Å². The van der Waals surface area contributed by atoms with Crippen molar-refractivity contribution in [3.05, 3.63) is 87.8 Å². The summed E-state index contributed by atoms with van der Waals surface area (Å²) in [5.74, 6) is 2.26. The number of benzene rings is 2. The van der Waals surface area contributed by atoms with Crippen molar-refractivity contribution in [1.82, 2.24) is 0 Å². The highest BCUT2D eigenvalue weighted by Crippen LogP contribution is 2.27. The summed E-state index contributed by atoms with van der Waals surface area (Å²) < 4.78 is 16.4. The largest absolute Gasteiger partial charge is 0.497 e. The van der Waals surface area contributed by atoms with E-state index in [1.807, 2.05) is 0 Å². The highest BCUT2D eigenvalue weighted by atomic mass is 35.5. The molecule has 4 nitrogen and oxygen atoms in total. The third-order valence-electron chi connectivity index (χ3n) is 3.71. The number of allylic oxidation sites excluding steroid dienone is 1. The standard InChI is InChI=1S/C21H16Cl2O4/c1-25-16-4-2-3-14(11-16)21(24)10-8-15-5-6-18(27-15)13-26-17-7-9-19(22)20(23)12-17/h2-12H,13H2,1H3/b10-8+. The lowest BCUT2D eigenvalue weighted by Gasteiger charge is -2.05. The minimum absolute atomic E-state index is 0.140. The molecule has 3 rings (SSSR count). The van der Waals surface area contributed by atoms with E-state index in [1.165, 1.54) is 6.08 Å². The van der Waals surface area contributed by atoms with Crippen molar-refractivity contribution < 1.29 is 18.7 Å². The van der Waals surface area contributed by atoms with E-state index in [2.05, 4.69) is 0 Å². The maximum atomic E-state index is 12.2. The van der Waals surface area contributed by atoms with Crippen LogP contribution in [0.5, 0.6) is 11.5 Å². The van der Waals surface area contributed by atoms with Crippen molar-refractivity contribution in [2.75, 3.05) is 7.11 Å². The number of rotatable bonds is 7. The summed E-state index contributed by atoms with van der Waals surface area (Å²) in [4.78, 5) is 12.2. The van der Waals surface area contributed by atoms with Gasteiger partial charge in [0.05, 0.1) is 17.2 Å². The lowest BCUT2D eigenvalue weighted by atomic mass is 10.1. The average Bonchev–Trinajstić information content (AvgIpc) is 3.15. The zero-order valence-electron chi connectivity index (χ0n) is 14.4. The number of ketones is 1. The van der Waals surface area contributed by atoms with Gasteiger partial charge in [0.15, 0.2) is 5.78 Å². The zero-order valence-corrected chi connectivity index (χ0v) is 16.0. The van der Waals surface area contributed by atoms with Gasteiger partial charge in [-0.3, -0.25) is 4.79 Å². The van der Waals surface area contributed by atoms with Crippen molar-refractivity contribution >= 4 is 35.1 Å². The maximum Gasteiger partial charge on any atom is 0.186 e. The van der Waals surface area contributed by atoms with Gasteiger partial charge in [0.1, 0.15) is 29.6 Å². The Kier molecular flexibility index (Phi) is 6.22. The molecular formula is C21H16Cl2O4. The van der Waals surface area contributed by atoms with Gasteiger partial charge < -0.3 is 13.9 Å². The number of hydrogen-bond donors (Lipinski definition) is 0. The van der Waals surface area contributed by atoms with Gasteiger partial charge in [0.25, 0.3) is 0 Å². The van der Waals surface area contributed by atoms with E-state index in [4.69, 9.17) is 37.1 Å². The fourth-order valence-electron chi connectivity index (χ4n) is 2.31. The van der Waals surface area contributed by atoms with Crippen LogP contribution in [0, 0.1) is 0 Å². The zero-order chi connectivity index (χ0) is 19.2. The minimum atomic E-state index is -0.140. The normalized spacial score (nSPS) is 10.9. The molecule has 0 unspecified atom stereocenters. The summed E-state index contributed by atoms with van der Waals surface area (Å²) >= 11 is 11.8. The van der Waals surface area contributed by atoms with E-state index < -0.39 is 0 Å². The lowest BCUT2D eigenvalue weighted by molar-refractivity contribution is 0.104. The number of ether oxygens (including phenoxy) is 2. The molecule has 1 heterocycles. The van der Waals surface area contributed by atoms with Crippen molar-refractivity contribution in [2.45, 2.75) is 6.61 Å². The predicted molar refractivity (Wildman–Crippen MR) is 106 cm³/mol. The molecule has 0 amide bonds. The summed E-state index contributed by atoms with van der Waals surface area (Å²) in [7, 11) is 1.56. The maximum absolute atomic E-state index is 12.2. The van der Waals surface area contributed by atoms with Crippen LogP contribution in [0.2, 0.25) is 10.0 Å². The van der Waals surface area contributed by atoms with Gasteiger partial charge in [-0.15, -0.1) is 0 Å². The van der Waals surface area contributed by atoms with Gasteiger partial charge in [-0.1, -0.05) is 35.3 Å². The highest BCUT2D eigenvalue weighted by Gasteiger charge is 2.06. The molecule has 0 aliphatic carbocycles. The van der Waals surface area contributed by atoms with Gasteiger partial charge in [-0.25, -0.2) is 0 Å². The van der Waals surface area contributed by atoms with Crippen molar-refractivity contribution in [3.63, 3.8) is 0 Å². The molecule has 0 saturated heterocycles. The molecule has 27 heavy (non-hydrogen) atoms. The topological polar surface area (TPSA) is 48.7 Å². The molecule has 3 aromatic rings. The molecule has 0 atom stereocenters. The fourth-order valence-corrected chi connectivity index (χ4v) is 2.60. The molecule has 0 aliphatic rings. The Labute approximate surface area is 166 Å². The van der Waals surface area contributed by atoms with Crippen molar-refractivity contribution in [3.8, 4) is 11.5 Å². The van der Waals surface area contributed by atoms with Crippen LogP contribution in [0.25, 0.3) is 6.08 Å². The Morgan fingerprint density at radius 2 is 1.89 bits per heavy atom. The molecule has 1 aromatic heterocycles. The summed E-state index contributed by atoms with van der Waals surface area (Å²) in [6, 6.07) is 15.6. The second-order valence-electron chi connectivity index (χ2n) is 5.60. The molecule has 0 aliphatic heterocycles. The second-order valence-corrected chi connectivity index (χ2v) is 6.41. The lowest BCUT2D eigenvalue weighted by Crippen LogP contribution is -1.94. The van der Waals surface area contributed by atoms with E-state index in [9.17, 15) is 4.79 Å². The van der Waals surface area contributed by atoms with Crippen LogP contribution in [0.4, 0.5) is 0 Å². The number of carbonyl (C=O) groups is 1. The molecular weight excluding hydrogens is 387 g/mol. The monoisotopic (exact) mass is 402 g/mol. The average molecular weight is 403 g/mol. The third kappa shape index (κ3) is 5.16. The molecule has 0 fully saturated rings. The molecule has 6 heteroatoms. The Morgan fingerprint density at radius 3 is 2.67 bits per heavy atom. The summed E-state index contributed by atoms with van der Waals surface area (Å²) in [6.07, 6.45) is 3.07. The van der Waals surface area contributed by atoms with Crippen LogP contribution in [0.1, 0.15) is 21.9 Å². The van der Waals surface area contributed by atoms with Gasteiger partial charge in [0.2, 0.25) is 0 Å². The first-order valence-electron chi connectivity index (χ1n) is 8.08. The van der Waals surface area contributed by atoms with E-state index in [-0.39, 0.29) is 12.4 Å². The van der Waals surface area contributed by atoms with E-state index >= 15 is 0 Å². The van der Waals surface area contributed by atoms with E-state index in [0.717, 1.165) is 0 Å². The van der Waals surface area contributed by atoms with Crippen LogP contribution in [-0.2, 0) is 6.61 Å². The quantitative estimate of drug-likeness (QED) is 0.355. The number of hydrogen-bond acceptors (Lipinski definition) is 4. The first-order valence-corrected chi connectivity index (χ1v) is 8.84. The van der Waals surface area contributed by atoms with Crippen LogP contribution in [-0.4, -0.2) is 12.9 Å². The fraction of sp³-hybridized carbons (Fsp3) is 0.0952. The minimum Gasteiger partial charge on any atom is -0.497 e. The van der Waals surface area contributed by atoms with Crippen molar-refractivity contribution in [1.29, 1.82) is 0 Å². The summed E-state index contributed by atoms with van der Waals surface area (Å²) in [5, 5.41) is 0.892. The molecule has 0 saturated carbocycles. The first kappa shape index (κ1) is 19.1. The smallest absolute Gasteiger partial charge is 0.186 e. The third-order valence-corrected chi connectivity index (χ3v) is 4.45. The van der Waals surface area contributed by atoms with Gasteiger partial charge in [-0.05, 0) is 48.6 Å². The van der Waals surface area contributed by atoms with Gasteiger partial charge in [-0.2, -0.15) is 0 Å². The van der Waals surface area contributed by atoms with Gasteiger partial charge >= 0.3 is 0 Å². The van der Waals surface area contributed by atoms with Crippen molar-refractivity contribution in [2.24, 2.45) is 0 Å². The number of furan rings is 1. The number of halogens is 2.